The summed E-state index contributed by atoms with van der Waals surface area (Å²) in [5.41, 5.74) is 6.62. The van der Waals surface area contributed by atoms with E-state index in [-0.39, 0.29) is 29.0 Å². The van der Waals surface area contributed by atoms with E-state index in [1.807, 2.05) is 58.0 Å². The number of nitrogens with one attached hydrogen (secondary N) is 1. The van der Waals surface area contributed by atoms with Crippen molar-refractivity contribution in [3.8, 4) is 28.0 Å². The molecule has 0 aliphatic carbocycles. The largest absolute Gasteiger partial charge is 0.493 e. The number of hydrogen-bond acceptors (Lipinski definition) is 5. The van der Waals surface area contributed by atoms with Crippen molar-refractivity contribution in [3.05, 3.63) is 87.7 Å². The molecule has 3 amide bonds. The van der Waals surface area contributed by atoms with E-state index in [2.05, 4.69) is 38.2 Å². The quantitative estimate of drug-likeness (QED) is 0.150. The second-order valence-electron chi connectivity index (χ2n) is 11.7. The van der Waals surface area contributed by atoms with Crippen molar-refractivity contribution < 1.29 is 28.3 Å². The number of rotatable bonds is 7. The highest BCUT2D eigenvalue weighted by atomic mass is 35.5. The SMILES string of the molecule is C/C=C(/C(C)=O)C(=O)N(C)C(C)=O.CC.CC1CCC(=O)NC1.CCOc1cc(-c2cccc(-c3cccc(C)c3C)c2Cl)cc(F)c1CC. The zero-order chi connectivity index (χ0) is 38.1. The maximum atomic E-state index is 14.7. The van der Waals surface area contributed by atoms with Crippen molar-refractivity contribution in [1.82, 2.24) is 10.2 Å². The Morgan fingerprint density at radius 2 is 1.62 bits per heavy atom. The van der Waals surface area contributed by atoms with Gasteiger partial charge in [-0.3, -0.25) is 24.1 Å². The summed E-state index contributed by atoms with van der Waals surface area (Å²) >= 11 is 6.79. The maximum absolute atomic E-state index is 14.7. The number of allylic oxidation sites excluding steroid dienone is 1. The minimum atomic E-state index is -0.553. The highest BCUT2D eigenvalue weighted by molar-refractivity contribution is 6.36. The zero-order valence-corrected chi connectivity index (χ0v) is 32.3. The minimum absolute atomic E-state index is 0.0395. The molecule has 1 atom stereocenters. The second-order valence-corrected chi connectivity index (χ2v) is 12.1. The predicted molar refractivity (Wildman–Crippen MR) is 203 cm³/mol. The molecule has 50 heavy (non-hydrogen) atoms. The third-order valence-electron chi connectivity index (χ3n) is 8.20. The number of nitrogens with zero attached hydrogens (tertiary/aromatic N) is 1. The van der Waals surface area contributed by atoms with E-state index in [4.69, 9.17) is 16.3 Å². The summed E-state index contributed by atoms with van der Waals surface area (Å²) in [5.74, 6) is -0.0423. The number of hydrogen-bond donors (Lipinski definition) is 1. The van der Waals surface area contributed by atoms with E-state index in [0.29, 0.717) is 35.3 Å². The van der Waals surface area contributed by atoms with Gasteiger partial charge in [0.05, 0.1) is 17.2 Å². The number of amides is 3. The third kappa shape index (κ3) is 12.2. The van der Waals surface area contributed by atoms with Crippen LogP contribution in [-0.2, 0) is 25.6 Å². The van der Waals surface area contributed by atoms with Gasteiger partial charge in [-0.25, -0.2) is 4.39 Å². The molecule has 4 rings (SSSR count). The van der Waals surface area contributed by atoms with Gasteiger partial charge in [0.15, 0.2) is 5.78 Å². The number of ether oxygens (including phenoxy) is 1. The molecule has 1 N–H and O–H groups in total. The molecule has 0 spiro atoms. The first-order chi connectivity index (χ1) is 23.7. The van der Waals surface area contributed by atoms with Crippen LogP contribution in [0.1, 0.15) is 84.9 Å². The average Bonchev–Trinajstić information content (AvgIpc) is 3.09. The number of imide groups is 1. The fourth-order valence-electron chi connectivity index (χ4n) is 5.06. The normalized spacial score (nSPS) is 13.6. The van der Waals surface area contributed by atoms with E-state index < -0.39 is 5.91 Å². The lowest BCUT2D eigenvalue weighted by atomic mass is 9.93. The topological polar surface area (TPSA) is 92.8 Å². The van der Waals surface area contributed by atoms with Crippen LogP contribution in [0, 0.1) is 25.6 Å². The summed E-state index contributed by atoms with van der Waals surface area (Å²) in [7, 11) is 1.34. The van der Waals surface area contributed by atoms with Gasteiger partial charge >= 0.3 is 0 Å². The average molecular weight is 709 g/mol. The lowest BCUT2D eigenvalue weighted by Gasteiger charge is -2.17. The Kier molecular flexibility index (Phi) is 19.0. The van der Waals surface area contributed by atoms with Crippen LogP contribution in [-0.4, -0.2) is 48.6 Å². The number of aryl methyl sites for hydroxylation is 1. The minimum Gasteiger partial charge on any atom is -0.493 e. The van der Waals surface area contributed by atoms with Gasteiger partial charge in [0.2, 0.25) is 11.8 Å². The van der Waals surface area contributed by atoms with Crippen molar-refractivity contribution in [3.63, 3.8) is 0 Å². The van der Waals surface area contributed by atoms with Crippen LogP contribution in [0.2, 0.25) is 5.02 Å². The fraction of sp³-hybridized carbons (Fsp3) is 0.415. The predicted octanol–water partition coefficient (Wildman–Crippen LogP) is 9.48. The van der Waals surface area contributed by atoms with Crippen LogP contribution in [0.5, 0.6) is 5.75 Å². The Morgan fingerprint density at radius 3 is 2.12 bits per heavy atom. The van der Waals surface area contributed by atoms with Crippen molar-refractivity contribution in [1.29, 1.82) is 0 Å². The number of ketones is 1. The lowest BCUT2D eigenvalue weighted by Crippen LogP contribution is -2.33. The molecule has 1 aliphatic heterocycles. The van der Waals surface area contributed by atoms with Crippen LogP contribution in [0.3, 0.4) is 0 Å². The Morgan fingerprint density at radius 1 is 1.02 bits per heavy atom. The van der Waals surface area contributed by atoms with E-state index in [1.165, 1.54) is 38.1 Å². The van der Waals surface area contributed by atoms with E-state index >= 15 is 0 Å². The van der Waals surface area contributed by atoms with Crippen LogP contribution in [0.4, 0.5) is 4.39 Å². The molecule has 1 heterocycles. The van der Waals surface area contributed by atoms with Crippen LogP contribution >= 0.6 is 11.6 Å². The van der Waals surface area contributed by atoms with E-state index in [0.717, 1.165) is 46.5 Å². The van der Waals surface area contributed by atoms with Crippen molar-refractivity contribution in [2.45, 2.75) is 88.5 Å². The third-order valence-corrected chi connectivity index (χ3v) is 8.61. The molecule has 272 valence electrons. The monoisotopic (exact) mass is 708 g/mol. The number of benzene rings is 3. The first kappa shape index (κ1) is 43.7. The van der Waals surface area contributed by atoms with E-state index in [9.17, 15) is 23.6 Å². The molecule has 0 bridgehead atoms. The van der Waals surface area contributed by atoms with Crippen molar-refractivity contribution in [2.24, 2.45) is 5.92 Å². The molecular formula is C41H54ClFN2O5. The number of carbonyl (C=O) groups excluding carboxylic acids is 4. The summed E-state index contributed by atoms with van der Waals surface area (Å²) in [4.78, 5) is 44.5. The van der Waals surface area contributed by atoms with Crippen molar-refractivity contribution >= 4 is 35.1 Å². The van der Waals surface area contributed by atoms with Gasteiger partial charge in [-0.05, 0) is 87.8 Å². The Balaban J connectivity index is 0.000000449. The molecule has 1 unspecified atom stereocenters. The number of Topliss-reactive ketones (excluding diaryl/α,β-unsaturated/α-hetero) is 1. The molecular weight excluding hydrogens is 655 g/mol. The maximum Gasteiger partial charge on any atom is 0.263 e. The number of piperidine rings is 1. The summed E-state index contributed by atoms with van der Waals surface area (Å²) in [6, 6.07) is 15.5. The van der Waals surface area contributed by atoms with Crippen LogP contribution in [0.25, 0.3) is 22.3 Å². The standard InChI is InChI=1S/C24H24ClFO.C9H13NO3.C6H11NO.C2H6/c1-5-18-22(26)13-17(14-23(18)27-6-2)20-11-8-12-21(24(20)25)19-10-7-9-15(3)16(19)4;1-5-8(6(2)11)9(13)10(4)7(3)12;1-5-2-3-6(8)7-4-5;1-2/h7-14H,5-6H2,1-4H3;5H,1-4H3;5H,2-4H2,1H3,(H,7,8);1-2H3/b;8-5-;;. The Bertz CT molecular complexity index is 1660. The highest BCUT2D eigenvalue weighted by Gasteiger charge is 2.20. The number of halogens is 2. The zero-order valence-electron chi connectivity index (χ0n) is 31.6. The number of carbonyl (C=O) groups is 4. The molecule has 9 heteroatoms. The molecule has 3 aromatic rings. The molecule has 1 saturated heterocycles. The van der Waals surface area contributed by atoms with E-state index in [1.54, 1.807) is 13.0 Å². The first-order valence-electron chi connectivity index (χ1n) is 17.2. The second kappa shape index (κ2) is 21.7. The fourth-order valence-corrected chi connectivity index (χ4v) is 5.39. The smallest absolute Gasteiger partial charge is 0.263 e. The molecule has 0 saturated carbocycles. The summed E-state index contributed by atoms with van der Waals surface area (Å²) in [6.45, 7) is 19.7. The van der Waals surface area contributed by atoms with Gasteiger partial charge in [-0.2, -0.15) is 0 Å². The molecule has 3 aromatic carbocycles. The van der Waals surface area contributed by atoms with Gasteiger partial charge in [0, 0.05) is 43.6 Å². The molecule has 0 radical (unpaired) electrons. The van der Waals surface area contributed by atoms with Gasteiger partial charge in [-0.15, -0.1) is 0 Å². The first-order valence-corrected chi connectivity index (χ1v) is 17.6. The van der Waals surface area contributed by atoms with Crippen molar-refractivity contribution in [2.75, 3.05) is 20.2 Å². The molecule has 7 nitrogen and oxygen atoms in total. The highest BCUT2D eigenvalue weighted by Crippen LogP contribution is 2.40. The summed E-state index contributed by atoms with van der Waals surface area (Å²) in [6.07, 6.45) is 3.77. The van der Waals surface area contributed by atoms with Crippen LogP contribution in [0.15, 0.2) is 60.2 Å². The van der Waals surface area contributed by atoms with Gasteiger partial charge < -0.3 is 10.1 Å². The Hall–Kier alpha value is -4.30. The Labute approximate surface area is 303 Å². The molecule has 0 aromatic heterocycles. The van der Waals surface area contributed by atoms with Crippen LogP contribution < -0.4 is 10.1 Å². The lowest BCUT2D eigenvalue weighted by molar-refractivity contribution is -0.139. The van der Waals surface area contributed by atoms with Gasteiger partial charge in [0.1, 0.15) is 11.6 Å². The number of likely N-dealkylation sites (N-methyl/N-ethyl adjacent to an activating group) is 1. The summed E-state index contributed by atoms with van der Waals surface area (Å²) < 4.78 is 20.3. The van der Waals surface area contributed by atoms with Gasteiger partial charge in [-0.1, -0.05) is 81.8 Å². The summed E-state index contributed by atoms with van der Waals surface area (Å²) in [5, 5.41) is 3.42. The van der Waals surface area contributed by atoms with Gasteiger partial charge in [0.25, 0.3) is 5.91 Å². The molecule has 1 aliphatic rings. The molecule has 1 fully saturated rings.